The molecule has 0 bridgehead atoms. The summed E-state index contributed by atoms with van der Waals surface area (Å²) in [4.78, 5) is 29.2. The highest BCUT2D eigenvalue weighted by Crippen LogP contribution is 2.33. The summed E-state index contributed by atoms with van der Waals surface area (Å²) in [6.07, 6.45) is 5.77. The Bertz CT molecular complexity index is 1190. The lowest BCUT2D eigenvalue weighted by molar-refractivity contribution is -0.141. The number of nitrogens with one attached hydrogen (secondary N) is 1. The third-order valence-corrected chi connectivity index (χ3v) is 6.76. The average molecular weight is 494 g/mol. The lowest BCUT2D eigenvalue weighted by atomic mass is 10.0. The number of fused-ring (bicyclic) bond motifs is 1. The summed E-state index contributed by atoms with van der Waals surface area (Å²) in [6.45, 7) is 2.50. The molecule has 3 aromatic rings. The zero-order chi connectivity index (χ0) is 25.5. The molecule has 1 aliphatic rings. The molecule has 2 amide bonds. The zero-order valence-corrected chi connectivity index (χ0v) is 21.3. The van der Waals surface area contributed by atoms with Crippen LogP contribution in [-0.4, -0.2) is 58.5 Å². The van der Waals surface area contributed by atoms with Gasteiger partial charge in [0.15, 0.2) is 11.5 Å². The Kier molecular flexibility index (Phi) is 8.40. The molecule has 1 aromatic heterocycles. The number of carbonyl (C=O) groups excluding carboxylic acids is 2. The predicted octanol–water partition coefficient (Wildman–Crippen LogP) is 3.88. The fraction of sp³-hybridized carbons (Fsp3) is 0.481. The van der Waals surface area contributed by atoms with Crippen LogP contribution in [0.4, 0.5) is 0 Å². The lowest BCUT2D eigenvalue weighted by Crippen LogP contribution is -2.47. The molecule has 9 nitrogen and oxygen atoms in total. The number of ether oxygens (including phenoxy) is 2. The largest absolute Gasteiger partial charge is 0.493 e. The summed E-state index contributed by atoms with van der Waals surface area (Å²) in [5, 5.41) is 11.6. The minimum absolute atomic E-state index is 0.00920. The van der Waals surface area contributed by atoms with Crippen molar-refractivity contribution in [1.82, 2.24) is 25.2 Å². The smallest absolute Gasteiger partial charge is 0.247 e. The maximum absolute atomic E-state index is 13.8. The number of unbranched alkanes of at least 4 members (excludes halogenated alkanes) is 1. The van der Waals surface area contributed by atoms with Crippen molar-refractivity contribution in [3.05, 3.63) is 48.0 Å². The van der Waals surface area contributed by atoms with Crippen LogP contribution < -0.4 is 14.8 Å². The molecule has 1 atom stereocenters. The van der Waals surface area contributed by atoms with Crippen LogP contribution in [0.3, 0.4) is 0 Å². The van der Waals surface area contributed by atoms with E-state index in [1.54, 1.807) is 35.9 Å². The van der Waals surface area contributed by atoms with Gasteiger partial charge >= 0.3 is 0 Å². The fourth-order valence-corrected chi connectivity index (χ4v) is 4.83. The van der Waals surface area contributed by atoms with Gasteiger partial charge in [-0.05, 0) is 49.1 Å². The molecular weight excluding hydrogens is 458 g/mol. The SMILES string of the molecule is CCCCN(C(=O)Cn1nnc2ccccc21)C(C(=O)NC1CCCC1)c1ccc(OC)c(OC)c1. The molecule has 1 aliphatic carbocycles. The number of hydrogen-bond acceptors (Lipinski definition) is 6. The number of carbonyl (C=O) groups is 2. The van der Waals surface area contributed by atoms with Gasteiger partial charge in [-0.25, -0.2) is 4.68 Å². The molecule has 1 N–H and O–H groups in total. The number of benzene rings is 2. The number of hydrogen-bond donors (Lipinski definition) is 1. The van der Waals surface area contributed by atoms with E-state index < -0.39 is 6.04 Å². The summed E-state index contributed by atoms with van der Waals surface area (Å²) >= 11 is 0. The number of nitrogens with zero attached hydrogens (tertiary/aromatic N) is 4. The van der Waals surface area contributed by atoms with Crippen molar-refractivity contribution in [3.8, 4) is 11.5 Å². The molecule has 1 fully saturated rings. The second-order valence-electron chi connectivity index (χ2n) is 9.18. The van der Waals surface area contributed by atoms with Crippen molar-refractivity contribution < 1.29 is 19.1 Å². The number of aromatic nitrogens is 3. The summed E-state index contributed by atoms with van der Waals surface area (Å²) in [6, 6.07) is 12.2. The van der Waals surface area contributed by atoms with Crippen LogP contribution in [0, 0.1) is 0 Å². The van der Waals surface area contributed by atoms with E-state index >= 15 is 0 Å². The highest BCUT2D eigenvalue weighted by Gasteiger charge is 2.33. The molecule has 0 radical (unpaired) electrons. The third-order valence-electron chi connectivity index (χ3n) is 6.76. The molecule has 192 valence electrons. The Hall–Kier alpha value is -3.62. The van der Waals surface area contributed by atoms with Crippen LogP contribution >= 0.6 is 0 Å². The average Bonchev–Trinajstić information content (AvgIpc) is 3.56. The van der Waals surface area contributed by atoms with E-state index in [-0.39, 0.29) is 24.4 Å². The van der Waals surface area contributed by atoms with E-state index in [0.717, 1.165) is 49.6 Å². The van der Waals surface area contributed by atoms with Crippen molar-refractivity contribution in [2.75, 3.05) is 20.8 Å². The van der Waals surface area contributed by atoms with Crippen LogP contribution in [-0.2, 0) is 16.1 Å². The topological polar surface area (TPSA) is 98.6 Å². The summed E-state index contributed by atoms with van der Waals surface area (Å²) in [5.74, 6) is 0.707. The number of methoxy groups -OCH3 is 2. The summed E-state index contributed by atoms with van der Waals surface area (Å²) < 4.78 is 12.5. The van der Waals surface area contributed by atoms with Gasteiger partial charge in [0, 0.05) is 12.6 Å². The molecule has 1 unspecified atom stereocenters. The van der Waals surface area contributed by atoms with E-state index in [9.17, 15) is 9.59 Å². The Labute approximate surface area is 211 Å². The molecule has 9 heteroatoms. The molecule has 1 heterocycles. The highest BCUT2D eigenvalue weighted by atomic mass is 16.5. The van der Waals surface area contributed by atoms with Crippen molar-refractivity contribution >= 4 is 22.8 Å². The Morgan fingerprint density at radius 2 is 1.86 bits per heavy atom. The molecule has 0 aliphatic heterocycles. The van der Waals surface area contributed by atoms with Gasteiger partial charge in [0.1, 0.15) is 18.1 Å². The van der Waals surface area contributed by atoms with Gasteiger partial charge < -0.3 is 19.7 Å². The van der Waals surface area contributed by atoms with E-state index in [0.29, 0.717) is 23.6 Å². The number of rotatable bonds is 11. The van der Waals surface area contributed by atoms with Gasteiger partial charge in [-0.1, -0.05) is 49.6 Å². The molecule has 0 saturated heterocycles. The van der Waals surface area contributed by atoms with Gasteiger partial charge in [0.05, 0.1) is 19.7 Å². The van der Waals surface area contributed by atoms with E-state index in [1.807, 2.05) is 30.3 Å². The van der Waals surface area contributed by atoms with Crippen LogP contribution in [0.25, 0.3) is 11.0 Å². The lowest BCUT2D eigenvalue weighted by Gasteiger charge is -2.32. The monoisotopic (exact) mass is 493 g/mol. The molecule has 2 aromatic carbocycles. The number of para-hydroxylation sites is 1. The fourth-order valence-electron chi connectivity index (χ4n) is 4.83. The quantitative estimate of drug-likeness (QED) is 0.435. The Balaban J connectivity index is 1.70. The first kappa shape index (κ1) is 25.5. The summed E-state index contributed by atoms with van der Waals surface area (Å²) in [7, 11) is 3.13. The van der Waals surface area contributed by atoms with Crippen LogP contribution in [0.2, 0.25) is 0 Å². The first-order chi connectivity index (χ1) is 17.5. The van der Waals surface area contributed by atoms with E-state index in [1.165, 1.54) is 0 Å². The third kappa shape index (κ3) is 5.61. The molecule has 0 spiro atoms. The standard InChI is InChI=1S/C27H35N5O4/c1-4-5-16-31(25(33)18-32-22-13-9-8-12-21(22)29-30-32)26(27(34)28-20-10-6-7-11-20)19-14-15-23(35-2)24(17-19)36-3/h8-9,12-15,17,20,26H,4-7,10-11,16,18H2,1-3H3,(H,28,34). The van der Waals surface area contributed by atoms with Crippen molar-refractivity contribution in [2.45, 2.75) is 64.1 Å². The van der Waals surface area contributed by atoms with Crippen molar-refractivity contribution in [3.63, 3.8) is 0 Å². The first-order valence-electron chi connectivity index (χ1n) is 12.7. The second kappa shape index (κ2) is 11.9. The predicted molar refractivity (Wildman–Crippen MR) is 137 cm³/mol. The molecule has 36 heavy (non-hydrogen) atoms. The van der Waals surface area contributed by atoms with E-state index in [4.69, 9.17) is 9.47 Å². The van der Waals surface area contributed by atoms with Crippen molar-refractivity contribution in [2.24, 2.45) is 0 Å². The minimum atomic E-state index is -0.806. The van der Waals surface area contributed by atoms with Gasteiger partial charge in [0.25, 0.3) is 0 Å². The molecule has 4 rings (SSSR count). The maximum Gasteiger partial charge on any atom is 0.247 e. The van der Waals surface area contributed by atoms with Crippen LogP contribution in [0.5, 0.6) is 11.5 Å². The Morgan fingerprint density at radius 1 is 1.11 bits per heavy atom. The first-order valence-corrected chi connectivity index (χ1v) is 12.7. The van der Waals surface area contributed by atoms with Crippen LogP contribution in [0.1, 0.15) is 57.1 Å². The highest BCUT2D eigenvalue weighted by molar-refractivity contribution is 5.89. The van der Waals surface area contributed by atoms with Gasteiger partial charge in [-0.3, -0.25) is 9.59 Å². The summed E-state index contributed by atoms with van der Waals surface area (Å²) in [5.41, 5.74) is 2.18. The maximum atomic E-state index is 13.8. The van der Waals surface area contributed by atoms with Gasteiger partial charge in [0.2, 0.25) is 11.8 Å². The minimum Gasteiger partial charge on any atom is -0.493 e. The second-order valence-corrected chi connectivity index (χ2v) is 9.18. The Morgan fingerprint density at radius 3 is 2.58 bits per heavy atom. The van der Waals surface area contributed by atoms with Crippen LogP contribution in [0.15, 0.2) is 42.5 Å². The van der Waals surface area contributed by atoms with Gasteiger partial charge in [-0.15, -0.1) is 5.10 Å². The van der Waals surface area contributed by atoms with E-state index in [2.05, 4.69) is 22.6 Å². The van der Waals surface area contributed by atoms with Gasteiger partial charge in [-0.2, -0.15) is 0 Å². The zero-order valence-electron chi connectivity index (χ0n) is 21.3. The number of amides is 2. The van der Waals surface area contributed by atoms with Crippen molar-refractivity contribution in [1.29, 1.82) is 0 Å². The molecular formula is C27H35N5O4. The molecule has 1 saturated carbocycles. The normalized spacial score (nSPS) is 14.5.